The summed E-state index contributed by atoms with van der Waals surface area (Å²) < 4.78 is 39.4. The van der Waals surface area contributed by atoms with E-state index in [4.69, 9.17) is 30.0 Å². The van der Waals surface area contributed by atoms with E-state index in [1.165, 1.54) is 6.33 Å². The predicted octanol–water partition coefficient (Wildman–Crippen LogP) is 5.14. The monoisotopic (exact) mass is 700 g/mol. The Hall–Kier alpha value is -4.00. The van der Waals surface area contributed by atoms with Crippen LogP contribution < -0.4 is 21.6 Å². The van der Waals surface area contributed by atoms with Crippen molar-refractivity contribution in [1.29, 1.82) is 0 Å². The van der Waals surface area contributed by atoms with Crippen LogP contribution in [0, 0.1) is 23.2 Å². The number of benzene rings is 1. The molecule has 1 aromatic carbocycles. The summed E-state index contributed by atoms with van der Waals surface area (Å²) in [5, 5.41) is 0. The molecule has 0 aliphatic heterocycles. The third kappa shape index (κ3) is 10.0. The molecular formula is C34H49N6O8P. The Morgan fingerprint density at radius 3 is 2.43 bits per heavy atom. The molecule has 2 aromatic heterocycles. The molecule has 0 amide bonds. The molecule has 1 saturated carbocycles. The summed E-state index contributed by atoms with van der Waals surface area (Å²) in [7, 11) is -4.00. The first-order valence-corrected chi connectivity index (χ1v) is 18.5. The maximum atomic E-state index is 14.4. The molecule has 268 valence electrons. The fraction of sp³-hybridized carbons (Fsp3) is 0.559. The molecule has 14 nitrogen and oxygen atoms in total. The topological polar surface area (TPSA) is 204 Å². The molecule has 5 N–H and O–H groups in total. The quantitative estimate of drug-likeness (QED) is 0.110. The Bertz CT molecular complexity index is 1720. The molecule has 0 saturated heterocycles. The molecule has 0 radical (unpaired) electrons. The van der Waals surface area contributed by atoms with Gasteiger partial charge in [-0.3, -0.25) is 28.5 Å². The number of aromatic amines is 1. The number of esters is 2. The van der Waals surface area contributed by atoms with Gasteiger partial charge in [0.25, 0.3) is 5.56 Å². The van der Waals surface area contributed by atoms with Crippen molar-refractivity contribution in [1.82, 2.24) is 19.5 Å². The van der Waals surface area contributed by atoms with Crippen LogP contribution in [0.25, 0.3) is 17.4 Å². The summed E-state index contributed by atoms with van der Waals surface area (Å²) >= 11 is 0. The number of fused-ring (bicyclic) bond motifs is 1. The second-order valence-corrected chi connectivity index (χ2v) is 15.2. The zero-order chi connectivity index (χ0) is 35.8. The Kier molecular flexibility index (Phi) is 12.8. The van der Waals surface area contributed by atoms with Crippen molar-refractivity contribution < 1.29 is 32.7 Å². The van der Waals surface area contributed by atoms with Crippen LogP contribution in [0.2, 0.25) is 0 Å². The van der Waals surface area contributed by atoms with Crippen molar-refractivity contribution in [2.45, 2.75) is 72.8 Å². The third-order valence-corrected chi connectivity index (χ3v) is 10.6. The maximum absolute atomic E-state index is 14.4. The van der Waals surface area contributed by atoms with Gasteiger partial charge in [-0.25, -0.2) is 9.55 Å². The number of carbonyl (C=O) groups excluding carboxylic acids is 2. The molecule has 1 aliphatic carbocycles. The standard InChI is InChI=1S/C34H49N6O8P/c1-6-11-24(12-7-2)17-45-31(42)23(5)18-49(44,48-26-13-9-8-10-14-26)47-20-34(19-46-32(43)27(35)22(3)4)15-25(34)16-40-21-37-28-29(40)38-33(36)39-30(28)41/h8-10,13-14,16,21-24,27H,6-7,11-12,15,17-20,35H2,1-5H3,(H3,36,38,39,41)/b25-16-/t23-,27-,34+,49+/m1/s1. The second-order valence-electron chi connectivity index (χ2n) is 13.2. The molecule has 4 rings (SSSR count). The lowest BCUT2D eigenvalue weighted by Crippen LogP contribution is -2.38. The number of H-pyrrole nitrogens is 1. The lowest BCUT2D eigenvalue weighted by molar-refractivity contribution is -0.149. The first kappa shape index (κ1) is 37.8. The van der Waals surface area contributed by atoms with Crippen molar-refractivity contribution >= 4 is 42.8 Å². The normalized spacial score (nSPS) is 19.1. The summed E-state index contributed by atoms with van der Waals surface area (Å²) in [6, 6.07) is 7.73. The Labute approximate surface area is 286 Å². The van der Waals surface area contributed by atoms with Crippen LogP contribution >= 0.6 is 7.60 Å². The van der Waals surface area contributed by atoms with Crippen LogP contribution in [0.3, 0.4) is 0 Å². The van der Waals surface area contributed by atoms with Gasteiger partial charge in [0.15, 0.2) is 11.2 Å². The molecule has 3 aromatic rings. The van der Waals surface area contributed by atoms with Crippen molar-refractivity contribution in [2.24, 2.45) is 28.9 Å². The molecule has 0 spiro atoms. The van der Waals surface area contributed by atoms with Gasteiger partial charge in [-0.1, -0.05) is 65.7 Å². The van der Waals surface area contributed by atoms with Gasteiger partial charge in [0.2, 0.25) is 5.95 Å². The Morgan fingerprint density at radius 2 is 1.78 bits per heavy atom. The van der Waals surface area contributed by atoms with Crippen molar-refractivity contribution in [3.63, 3.8) is 0 Å². The minimum absolute atomic E-state index is 0.0717. The first-order valence-electron chi connectivity index (χ1n) is 16.8. The minimum Gasteiger partial charge on any atom is -0.465 e. The number of rotatable bonds is 19. The lowest BCUT2D eigenvalue weighted by Gasteiger charge is -2.25. The number of nitrogen functional groups attached to an aromatic ring is 1. The molecule has 15 heteroatoms. The number of hydrogen-bond acceptors (Lipinski definition) is 12. The largest absolute Gasteiger partial charge is 0.465 e. The summed E-state index contributed by atoms with van der Waals surface area (Å²) in [6.45, 7) is 9.46. The molecular weight excluding hydrogens is 651 g/mol. The van der Waals surface area contributed by atoms with Gasteiger partial charge >= 0.3 is 19.5 Å². The molecule has 2 heterocycles. The second kappa shape index (κ2) is 16.6. The lowest BCUT2D eigenvalue weighted by atomic mass is 9.99. The van der Waals surface area contributed by atoms with Crippen LogP contribution in [-0.2, 0) is 28.2 Å². The van der Waals surface area contributed by atoms with Crippen LogP contribution in [0.15, 0.2) is 47.0 Å². The molecule has 4 atom stereocenters. The summed E-state index contributed by atoms with van der Waals surface area (Å²) in [5.74, 6) is -1.51. The SMILES string of the molecule is CCCC(CCC)COC(=O)[C@H](C)C[P@](=O)(OC[C@@]1(COC(=O)[C@H](N)C(C)C)C/C1=C/n1cnc2c(=O)[nH]c(N)nc21)Oc1ccccc1. The third-order valence-electron chi connectivity index (χ3n) is 8.59. The van der Waals surface area contributed by atoms with Crippen LogP contribution in [0.4, 0.5) is 5.95 Å². The Morgan fingerprint density at radius 1 is 1.08 bits per heavy atom. The number of nitrogens with two attached hydrogens (primary N) is 2. The zero-order valence-corrected chi connectivity index (χ0v) is 29.8. The van der Waals surface area contributed by atoms with E-state index < -0.39 is 42.5 Å². The van der Waals surface area contributed by atoms with E-state index in [1.54, 1.807) is 48.0 Å². The van der Waals surface area contributed by atoms with Gasteiger partial charge in [0.1, 0.15) is 24.7 Å². The fourth-order valence-electron chi connectivity index (χ4n) is 5.48. The predicted molar refractivity (Wildman–Crippen MR) is 187 cm³/mol. The molecule has 0 bridgehead atoms. The van der Waals surface area contributed by atoms with Gasteiger partial charge in [0.05, 0.1) is 30.7 Å². The molecule has 1 fully saturated rings. The Balaban J connectivity index is 1.58. The van der Waals surface area contributed by atoms with Crippen molar-refractivity contribution in [2.75, 3.05) is 31.7 Å². The number of ether oxygens (including phenoxy) is 2. The van der Waals surface area contributed by atoms with E-state index in [1.807, 2.05) is 13.8 Å². The minimum atomic E-state index is -4.00. The number of imidazole rings is 1. The van der Waals surface area contributed by atoms with Crippen LogP contribution in [0.5, 0.6) is 5.75 Å². The molecule has 49 heavy (non-hydrogen) atoms. The molecule has 0 unspecified atom stereocenters. The number of anilines is 1. The van der Waals surface area contributed by atoms with E-state index in [-0.39, 0.29) is 48.3 Å². The van der Waals surface area contributed by atoms with Crippen LogP contribution in [0.1, 0.15) is 66.7 Å². The van der Waals surface area contributed by atoms with Crippen LogP contribution in [-0.4, -0.2) is 63.5 Å². The summed E-state index contributed by atoms with van der Waals surface area (Å²) in [5.41, 5.74) is 11.5. The van der Waals surface area contributed by atoms with Gasteiger partial charge < -0.3 is 25.5 Å². The van der Waals surface area contributed by atoms with E-state index in [0.29, 0.717) is 18.8 Å². The number of carbonyl (C=O) groups is 2. The van der Waals surface area contributed by atoms with Gasteiger partial charge in [-0.15, -0.1) is 0 Å². The van der Waals surface area contributed by atoms with Gasteiger partial charge in [-0.2, -0.15) is 4.98 Å². The zero-order valence-electron chi connectivity index (χ0n) is 28.9. The van der Waals surface area contributed by atoms with Gasteiger partial charge in [-0.05, 0) is 48.8 Å². The van der Waals surface area contributed by atoms with Crippen molar-refractivity contribution in [3.8, 4) is 5.75 Å². The number of hydrogen-bond donors (Lipinski definition) is 3. The van der Waals surface area contributed by atoms with E-state index in [0.717, 1.165) is 31.3 Å². The number of nitrogens with zero attached hydrogens (tertiary/aromatic N) is 3. The number of nitrogens with one attached hydrogen (secondary N) is 1. The summed E-state index contributed by atoms with van der Waals surface area (Å²) in [6.07, 6.45) is 7.15. The fourth-order valence-corrected chi connectivity index (χ4v) is 7.41. The average molecular weight is 701 g/mol. The van der Waals surface area contributed by atoms with E-state index in [9.17, 15) is 18.9 Å². The molecule has 1 aliphatic rings. The summed E-state index contributed by atoms with van der Waals surface area (Å²) in [4.78, 5) is 49.0. The highest BCUT2D eigenvalue weighted by Gasteiger charge is 2.52. The van der Waals surface area contributed by atoms with E-state index >= 15 is 0 Å². The highest BCUT2D eigenvalue weighted by Crippen LogP contribution is 2.58. The number of aromatic nitrogens is 4. The van der Waals surface area contributed by atoms with Crippen molar-refractivity contribution in [3.05, 3.63) is 52.6 Å². The highest BCUT2D eigenvalue weighted by molar-refractivity contribution is 7.54. The number of para-hydroxylation sites is 1. The van der Waals surface area contributed by atoms with Gasteiger partial charge in [0, 0.05) is 6.20 Å². The first-order chi connectivity index (χ1) is 23.3. The maximum Gasteiger partial charge on any atom is 0.380 e. The smallest absolute Gasteiger partial charge is 0.380 e. The van der Waals surface area contributed by atoms with E-state index in [2.05, 4.69) is 28.8 Å². The highest BCUT2D eigenvalue weighted by atomic mass is 31.2. The average Bonchev–Trinajstić information content (AvgIpc) is 3.59.